The maximum Gasteiger partial charge on any atom is 0.0782 e. The van der Waals surface area contributed by atoms with Crippen LogP contribution in [0.3, 0.4) is 0 Å². The van der Waals surface area contributed by atoms with Crippen molar-refractivity contribution in [1.29, 1.82) is 0 Å². The second-order valence-electron chi connectivity index (χ2n) is 6.66. The first-order valence-corrected chi connectivity index (χ1v) is 8.10. The van der Waals surface area contributed by atoms with E-state index >= 15 is 0 Å². The van der Waals surface area contributed by atoms with Crippen LogP contribution in [0.15, 0.2) is 0 Å². The number of morpholine rings is 1. The first-order chi connectivity index (χ1) is 8.72. The Morgan fingerprint density at radius 3 is 2.72 bits per heavy atom. The van der Waals surface area contributed by atoms with Crippen molar-refractivity contribution >= 4 is 0 Å². The molecule has 2 rings (SSSR count). The number of nitrogens with one attached hydrogen (secondary N) is 1. The molecule has 0 amide bonds. The van der Waals surface area contributed by atoms with Crippen LogP contribution in [0.25, 0.3) is 0 Å². The zero-order chi connectivity index (χ0) is 12.8. The highest BCUT2D eigenvalue weighted by Gasteiger charge is 2.33. The smallest absolute Gasteiger partial charge is 0.0782 e. The van der Waals surface area contributed by atoms with Crippen LogP contribution in [0, 0.1) is 5.92 Å². The van der Waals surface area contributed by atoms with Gasteiger partial charge in [-0.2, -0.15) is 0 Å². The summed E-state index contributed by atoms with van der Waals surface area (Å²) in [5.41, 5.74) is 0.0939. The molecule has 2 heteroatoms. The first kappa shape index (κ1) is 14.3. The molecule has 1 aliphatic carbocycles. The average molecular weight is 253 g/mol. The lowest BCUT2D eigenvalue weighted by Gasteiger charge is -2.40. The second-order valence-corrected chi connectivity index (χ2v) is 6.66. The molecule has 1 saturated carbocycles. The van der Waals surface area contributed by atoms with E-state index in [1.165, 1.54) is 57.8 Å². The molecule has 106 valence electrons. The number of hydrogen-bond donors (Lipinski definition) is 1. The molecule has 0 spiro atoms. The lowest BCUT2D eigenvalue weighted by Crippen LogP contribution is -2.52. The van der Waals surface area contributed by atoms with Crippen LogP contribution in [0.1, 0.15) is 71.6 Å². The summed E-state index contributed by atoms with van der Waals surface area (Å²) >= 11 is 0. The van der Waals surface area contributed by atoms with E-state index in [1.807, 2.05) is 0 Å². The van der Waals surface area contributed by atoms with Gasteiger partial charge in [-0.1, -0.05) is 51.9 Å². The van der Waals surface area contributed by atoms with Crippen molar-refractivity contribution in [2.75, 3.05) is 13.1 Å². The lowest BCUT2D eigenvalue weighted by molar-refractivity contribution is -0.116. The van der Waals surface area contributed by atoms with Crippen molar-refractivity contribution in [3.63, 3.8) is 0 Å². The summed E-state index contributed by atoms with van der Waals surface area (Å²) in [6, 6.07) is 0. The van der Waals surface area contributed by atoms with Crippen molar-refractivity contribution in [2.45, 2.75) is 83.3 Å². The third-order valence-electron chi connectivity index (χ3n) is 4.70. The third-order valence-corrected chi connectivity index (χ3v) is 4.70. The van der Waals surface area contributed by atoms with Crippen LogP contribution >= 0.6 is 0 Å². The van der Waals surface area contributed by atoms with Gasteiger partial charge in [-0.05, 0) is 25.7 Å². The average Bonchev–Trinajstić information content (AvgIpc) is 2.82. The largest absolute Gasteiger partial charge is 0.369 e. The number of hydrogen-bond acceptors (Lipinski definition) is 2. The Morgan fingerprint density at radius 2 is 2.00 bits per heavy atom. The molecule has 0 radical (unpaired) electrons. The Balaban J connectivity index is 1.75. The van der Waals surface area contributed by atoms with Gasteiger partial charge in [-0.15, -0.1) is 0 Å². The van der Waals surface area contributed by atoms with Gasteiger partial charge in [0.15, 0.2) is 0 Å². The van der Waals surface area contributed by atoms with Gasteiger partial charge >= 0.3 is 0 Å². The molecule has 2 atom stereocenters. The van der Waals surface area contributed by atoms with Crippen molar-refractivity contribution in [1.82, 2.24) is 5.32 Å². The Kier molecular flexibility index (Phi) is 5.50. The van der Waals surface area contributed by atoms with Gasteiger partial charge in [0.05, 0.1) is 11.7 Å². The highest BCUT2D eigenvalue weighted by atomic mass is 16.5. The summed E-state index contributed by atoms with van der Waals surface area (Å²) < 4.78 is 6.42. The topological polar surface area (TPSA) is 21.3 Å². The number of ether oxygens (including phenoxy) is 1. The molecule has 2 aliphatic rings. The highest BCUT2D eigenvalue weighted by molar-refractivity contribution is 4.86. The molecule has 2 nitrogen and oxygen atoms in total. The zero-order valence-electron chi connectivity index (χ0n) is 12.3. The third kappa shape index (κ3) is 4.24. The van der Waals surface area contributed by atoms with Gasteiger partial charge in [0.25, 0.3) is 0 Å². The van der Waals surface area contributed by atoms with Gasteiger partial charge in [-0.3, -0.25) is 0 Å². The molecule has 0 aromatic carbocycles. The molecular weight excluding hydrogens is 222 g/mol. The van der Waals surface area contributed by atoms with E-state index < -0.39 is 0 Å². The van der Waals surface area contributed by atoms with Gasteiger partial charge in [0.2, 0.25) is 0 Å². The SMILES string of the molecule is CCCCCC1(C)CNCC(CC2CCCC2)O1. The van der Waals surface area contributed by atoms with Crippen LogP contribution in [-0.2, 0) is 4.74 Å². The summed E-state index contributed by atoms with van der Waals surface area (Å²) in [5.74, 6) is 0.940. The number of unbranched alkanes of at least 4 members (excludes halogenated alkanes) is 2. The van der Waals surface area contributed by atoms with Crippen molar-refractivity contribution in [2.24, 2.45) is 5.92 Å². The molecule has 1 heterocycles. The summed E-state index contributed by atoms with van der Waals surface area (Å²) in [7, 11) is 0. The van der Waals surface area contributed by atoms with E-state index in [0.29, 0.717) is 6.10 Å². The molecule has 0 aromatic heterocycles. The predicted octanol–water partition coefficient (Wildman–Crippen LogP) is 3.89. The van der Waals surface area contributed by atoms with Crippen LogP contribution in [0.5, 0.6) is 0 Å². The van der Waals surface area contributed by atoms with Gasteiger partial charge in [0.1, 0.15) is 0 Å². The van der Waals surface area contributed by atoms with E-state index in [-0.39, 0.29) is 5.60 Å². The fourth-order valence-electron chi connectivity index (χ4n) is 3.63. The van der Waals surface area contributed by atoms with Crippen LogP contribution in [0.4, 0.5) is 0 Å². The Bertz CT molecular complexity index is 237. The van der Waals surface area contributed by atoms with E-state index in [4.69, 9.17) is 4.74 Å². The van der Waals surface area contributed by atoms with Crippen LogP contribution in [-0.4, -0.2) is 24.8 Å². The van der Waals surface area contributed by atoms with E-state index in [2.05, 4.69) is 19.2 Å². The lowest BCUT2D eigenvalue weighted by atomic mass is 9.93. The minimum absolute atomic E-state index is 0.0939. The van der Waals surface area contributed by atoms with Crippen molar-refractivity contribution in [3.8, 4) is 0 Å². The summed E-state index contributed by atoms with van der Waals surface area (Å²) in [4.78, 5) is 0. The molecule has 0 aromatic rings. The molecular formula is C16H31NO. The minimum Gasteiger partial charge on any atom is -0.369 e. The van der Waals surface area contributed by atoms with E-state index in [0.717, 1.165) is 19.0 Å². The van der Waals surface area contributed by atoms with Crippen LogP contribution in [0.2, 0.25) is 0 Å². The van der Waals surface area contributed by atoms with Gasteiger partial charge in [0, 0.05) is 13.1 Å². The minimum atomic E-state index is 0.0939. The second kappa shape index (κ2) is 6.91. The maximum absolute atomic E-state index is 6.42. The Morgan fingerprint density at radius 1 is 1.22 bits per heavy atom. The Labute approximate surface area is 113 Å². The molecule has 2 unspecified atom stereocenters. The first-order valence-electron chi connectivity index (χ1n) is 8.10. The number of rotatable bonds is 6. The summed E-state index contributed by atoms with van der Waals surface area (Å²) in [6.45, 7) is 6.68. The molecule has 1 aliphatic heterocycles. The summed E-state index contributed by atoms with van der Waals surface area (Å²) in [6.07, 6.45) is 12.7. The van der Waals surface area contributed by atoms with Gasteiger partial charge in [-0.25, -0.2) is 0 Å². The maximum atomic E-state index is 6.42. The van der Waals surface area contributed by atoms with Crippen molar-refractivity contribution < 1.29 is 4.74 Å². The molecule has 1 saturated heterocycles. The van der Waals surface area contributed by atoms with E-state index in [1.54, 1.807) is 0 Å². The summed E-state index contributed by atoms with van der Waals surface area (Å²) in [5, 5.41) is 3.60. The van der Waals surface area contributed by atoms with E-state index in [9.17, 15) is 0 Å². The van der Waals surface area contributed by atoms with Gasteiger partial charge < -0.3 is 10.1 Å². The molecule has 2 fully saturated rings. The van der Waals surface area contributed by atoms with Crippen LogP contribution < -0.4 is 5.32 Å². The fraction of sp³-hybridized carbons (Fsp3) is 1.00. The normalized spacial score (nSPS) is 34.0. The Hall–Kier alpha value is -0.0800. The molecule has 1 N–H and O–H groups in total. The van der Waals surface area contributed by atoms with Crippen molar-refractivity contribution in [3.05, 3.63) is 0 Å². The highest BCUT2D eigenvalue weighted by Crippen LogP contribution is 2.32. The standard InChI is InChI=1S/C16H31NO/c1-3-4-7-10-16(2)13-17-12-15(18-16)11-14-8-5-6-9-14/h14-15,17H,3-13H2,1-2H3. The quantitative estimate of drug-likeness (QED) is 0.725. The monoisotopic (exact) mass is 253 g/mol. The fourth-order valence-corrected chi connectivity index (χ4v) is 3.63. The zero-order valence-corrected chi connectivity index (χ0v) is 12.3. The molecule has 0 bridgehead atoms. The molecule has 18 heavy (non-hydrogen) atoms. The predicted molar refractivity (Wildman–Crippen MR) is 76.9 cm³/mol.